The minimum absolute atomic E-state index is 0.109. The minimum Gasteiger partial charge on any atom is -0.495 e. The molecule has 3 aromatic carbocycles. The minimum atomic E-state index is -0.651. The first-order chi connectivity index (χ1) is 17.9. The lowest BCUT2D eigenvalue weighted by molar-refractivity contribution is -0.119. The van der Waals surface area contributed by atoms with Gasteiger partial charge in [0, 0.05) is 48.9 Å². The van der Waals surface area contributed by atoms with E-state index in [0.717, 1.165) is 22.0 Å². The molecule has 0 aliphatic carbocycles. The van der Waals surface area contributed by atoms with Gasteiger partial charge in [0.25, 0.3) is 5.91 Å². The third-order valence-electron chi connectivity index (χ3n) is 7.12. The standard InChI is InChI=1S/C30H31N3O4/c1-19-13-14-26(37-4)24(17-19)31-29(34)27-21-10-5-6-11-22(21)30(35)33(15-16-36-3)28(27)23-18-32(2)25-12-8-7-9-20(23)25/h5-14,17-18,27-28H,15-16H2,1-4H3,(H,31,34)/t27-,28-/m0/s1. The maximum Gasteiger partial charge on any atom is 0.254 e. The number of carbonyl (C=O) groups excluding carboxylic acids is 2. The van der Waals surface area contributed by atoms with Gasteiger partial charge in [0.15, 0.2) is 0 Å². The van der Waals surface area contributed by atoms with Crippen LogP contribution in [0, 0.1) is 6.92 Å². The molecule has 1 aromatic heterocycles. The zero-order valence-corrected chi connectivity index (χ0v) is 21.5. The Hall–Kier alpha value is -4.10. The van der Waals surface area contributed by atoms with Gasteiger partial charge in [0.1, 0.15) is 5.75 Å². The van der Waals surface area contributed by atoms with E-state index in [0.29, 0.717) is 35.7 Å². The summed E-state index contributed by atoms with van der Waals surface area (Å²) >= 11 is 0. The zero-order valence-electron chi connectivity index (χ0n) is 21.5. The largest absolute Gasteiger partial charge is 0.495 e. The van der Waals surface area contributed by atoms with Gasteiger partial charge in [-0.2, -0.15) is 0 Å². The highest BCUT2D eigenvalue weighted by Gasteiger charge is 2.45. The molecule has 0 fully saturated rings. The molecule has 0 saturated carbocycles. The van der Waals surface area contributed by atoms with Crippen molar-refractivity contribution < 1.29 is 19.1 Å². The van der Waals surface area contributed by atoms with Crippen molar-refractivity contribution in [1.82, 2.24) is 9.47 Å². The van der Waals surface area contributed by atoms with Crippen LogP contribution in [0.3, 0.4) is 0 Å². The number of ether oxygens (including phenoxy) is 2. The SMILES string of the molecule is COCCN1C(=O)c2ccccc2[C@H](C(=O)Nc2cc(C)ccc2OC)[C@@H]1c1cn(C)c2ccccc12. The first-order valence-corrected chi connectivity index (χ1v) is 12.3. The Morgan fingerprint density at radius 2 is 1.76 bits per heavy atom. The number of nitrogens with one attached hydrogen (secondary N) is 1. The quantitative estimate of drug-likeness (QED) is 0.387. The van der Waals surface area contributed by atoms with Crippen LogP contribution in [0.2, 0.25) is 0 Å². The number of fused-ring (bicyclic) bond motifs is 2. The number of amides is 2. The fourth-order valence-corrected chi connectivity index (χ4v) is 5.40. The molecule has 7 heteroatoms. The molecule has 37 heavy (non-hydrogen) atoms. The molecule has 0 bridgehead atoms. The van der Waals surface area contributed by atoms with Crippen LogP contribution in [0.25, 0.3) is 10.9 Å². The van der Waals surface area contributed by atoms with E-state index in [4.69, 9.17) is 9.47 Å². The third-order valence-corrected chi connectivity index (χ3v) is 7.12. The summed E-state index contributed by atoms with van der Waals surface area (Å²) in [5.41, 5.74) is 4.81. The molecule has 0 saturated heterocycles. The summed E-state index contributed by atoms with van der Waals surface area (Å²) in [5, 5.41) is 4.13. The number of nitrogens with zero attached hydrogens (tertiary/aromatic N) is 2. The molecule has 5 rings (SSSR count). The van der Waals surface area contributed by atoms with E-state index in [1.165, 1.54) is 0 Å². The topological polar surface area (TPSA) is 72.8 Å². The van der Waals surface area contributed by atoms with Gasteiger partial charge in [-0.3, -0.25) is 9.59 Å². The predicted molar refractivity (Wildman–Crippen MR) is 144 cm³/mol. The van der Waals surface area contributed by atoms with E-state index in [-0.39, 0.29) is 11.8 Å². The fourth-order valence-electron chi connectivity index (χ4n) is 5.40. The molecule has 1 aliphatic rings. The van der Waals surface area contributed by atoms with Crippen LogP contribution in [0.15, 0.2) is 72.9 Å². The molecule has 2 atom stereocenters. The van der Waals surface area contributed by atoms with E-state index < -0.39 is 12.0 Å². The lowest BCUT2D eigenvalue weighted by Gasteiger charge is -2.41. The molecule has 190 valence electrons. The van der Waals surface area contributed by atoms with E-state index in [2.05, 4.69) is 5.32 Å². The Labute approximate surface area is 216 Å². The lowest BCUT2D eigenvalue weighted by atomic mass is 9.79. The molecule has 4 aromatic rings. The highest BCUT2D eigenvalue weighted by Crippen LogP contribution is 2.45. The Bertz CT molecular complexity index is 1470. The van der Waals surface area contributed by atoms with Gasteiger partial charge in [-0.25, -0.2) is 0 Å². The molecule has 2 amide bonds. The van der Waals surface area contributed by atoms with Crippen molar-refractivity contribution in [3.05, 3.63) is 95.2 Å². The van der Waals surface area contributed by atoms with Crippen LogP contribution in [0.4, 0.5) is 5.69 Å². The molecule has 1 N–H and O–H groups in total. The van der Waals surface area contributed by atoms with Crippen molar-refractivity contribution in [2.75, 3.05) is 32.7 Å². The lowest BCUT2D eigenvalue weighted by Crippen LogP contribution is -2.47. The molecule has 0 spiro atoms. The van der Waals surface area contributed by atoms with Gasteiger partial charge in [-0.15, -0.1) is 0 Å². The summed E-state index contributed by atoms with van der Waals surface area (Å²) in [6, 6.07) is 20.6. The number of hydrogen-bond acceptors (Lipinski definition) is 4. The van der Waals surface area contributed by atoms with Gasteiger partial charge in [0.2, 0.25) is 5.91 Å². The second-order valence-corrected chi connectivity index (χ2v) is 9.41. The van der Waals surface area contributed by atoms with Gasteiger partial charge in [0.05, 0.1) is 31.4 Å². The van der Waals surface area contributed by atoms with E-state index in [1.54, 1.807) is 25.2 Å². The Morgan fingerprint density at radius 3 is 2.54 bits per heavy atom. The average molecular weight is 498 g/mol. The van der Waals surface area contributed by atoms with Crippen LogP contribution in [0.1, 0.15) is 39.0 Å². The van der Waals surface area contributed by atoms with Crippen LogP contribution in [-0.4, -0.2) is 48.7 Å². The van der Waals surface area contributed by atoms with Crippen LogP contribution < -0.4 is 10.1 Å². The number of carbonyl (C=O) groups is 2. The van der Waals surface area contributed by atoms with Crippen LogP contribution in [0.5, 0.6) is 5.75 Å². The smallest absolute Gasteiger partial charge is 0.254 e. The normalized spacial score (nSPS) is 17.1. The molecule has 0 radical (unpaired) electrons. The number of anilines is 1. The monoisotopic (exact) mass is 497 g/mol. The van der Waals surface area contributed by atoms with Crippen molar-refractivity contribution in [2.24, 2.45) is 7.05 Å². The van der Waals surface area contributed by atoms with Crippen LogP contribution in [-0.2, 0) is 16.6 Å². The van der Waals surface area contributed by atoms with E-state index in [9.17, 15) is 9.59 Å². The van der Waals surface area contributed by atoms with Gasteiger partial charge in [-0.05, 0) is 42.3 Å². The number of aryl methyl sites for hydroxylation is 2. The first-order valence-electron chi connectivity index (χ1n) is 12.3. The number of methoxy groups -OCH3 is 2. The van der Waals surface area contributed by atoms with Crippen LogP contribution >= 0.6 is 0 Å². The highest BCUT2D eigenvalue weighted by atomic mass is 16.5. The Kier molecular flexibility index (Phi) is 6.72. The second-order valence-electron chi connectivity index (χ2n) is 9.41. The summed E-state index contributed by atoms with van der Waals surface area (Å²) in [7, 11) is 5.18. The highest BCUT2D eigenvalue weighted by molar-refractivity contribution is 6.05. The molecular formula is C30H31N3O4. The van der Waals surface area contributed by atoms with E-state index in [1.807, 2.05) is 85.4 Å². The predicted octanol–water partition coefficient (Wildman–Crippen LogP) is 5.06. The average Bonchev–Trinajstić information content (AvgIpc) is 3.24. The fraction of sp³-hybridized carbons (Fsp3) is 0.267. The third kappa shape index (κ3) is 4.36. The van der Waals surface area contributed by atoms with Crippen molar-refractivity contribution in [1.29, 1.82) is 0 Å². The summed E-state index contributed by atoms with van der Waals surface area (Å²) < 4.78 is 12.9. The number of para-hydroxylation sites is 1. The van der Waals surface area contributed by atoms with Crippen molar-refractivity contribution in [2.45, 2.75) is 18.9 Å². The maximum atomic E-state index is 14.2. The molecule has 1 aliphatic heterocycles. The number of aromatic nitrogens is 1. The zero-order chi connectivity index (χ0) is 26.1. The maximum absolute atomic E-state index is 14.2. The number of hydrogen-bond donors (Lipinski definition) is 1. The number of benzene rings is 3. The Morgan fingerprint density at radius 1 is 1.00 bits per heavy atom. The van der Waals surface area contributed by atoms with Crippen molar-refractivity contribution in [3.8, 4) is 5.75 Å². The summed E-state index contributed by atoms with van der Waals surface area (Å²) in [5.74, 6) is -0.383. The Balaban J connectivity index is 1.70. The van der Waals surface area contributed by atoms with Crippen molar-refractivity contribution >= 4 is 28.4 Å². The molecule has 2 heterocycles. The van der Waals surface area contributed by atoms with Gasteiger partial charge in [-0.1, -0.05) is 42.5 Å². The van der Waals surface area contributed by atoms with Gasteiger partial charge >= 0.3 is 0 Å². The van der Waals surface area contributed by atoms with E-state index >= 15 is 0 Å². The van der Waals surface area contributed by atoms with Crippen molar-refractivity contribution in [3.63, 3.8) is 0 Å². The number of rotatable bonds is 7. The molecular weight excluding hydrogens is 466 g/mol. The molecule has 0 unspecified atom stereocenters. The summed E-state index contributed by atoms with van der Waals surface area (Å²) in [4.78, 5) is 29.8. The first kappa shape index (κ1) is 24.6. The summed E-state index contributed by atoms with van der Waals surface area (Å²) in [6.07, 6.45) is 2.03. The molecule has 7 nitrogen and oxygen atoms in total. The summed E-state index contributed by atoms with van der Waals surface area (Å²) in [6.45, 7) is 2.68. The second kappa shape index (κ2) is 10.1. The van der Waals surface area contributed by atoms with Gasteiger partial charge < -0.3 is 24.3 Å².